The molecule has 0 amide bonds. The van der Waals surface area contributed by atoms with Crippen molar-refractivity contribution in [2.45, 2.75) is 45.6 Å². The summed E-state index contributed by atoms with van der Waals surface area (Å²) in [6.45, 7) is 8.27. The molecule has 0 bridgehead atoms. The van der Waals surface area contributed by atoms with E-state index >= 15 is 0 Å². The summed E-state index contributed by atoms with van der Waals surface area (Å²) in [5, 5.41) is 7.65. The Morgan fingerprint density at radius 3 is 2.27 bits per heavy atom. The molecule has 8 heteroatoms. The van der Waals surface area contributed by atoms with Crippen molar-refractivity contribution in [3.05, 3.63) is 48.8 Å². The summed E-state index contributed by atoms with van der Waals surface area (Å²) >= 11 is 0. The van der Waals surface area contributed by atoms with E-state index in [1.54, 1.807) is 24.8 Å². The number of piperidine rings is 1. The molecule has 0 aliphatic carbocycles. The quantitative estimate of drug-likeness (QED) is 0.615. The predicted molar refractivity (Wildman–Crippen MR) is 114 cm³/mol. The van der Waals surface area contributed by atoms with Crippen molar-refractivity contribution in [2.24, 2.45) is 5.92 Å². The van der Waals surface area contributed by atoms with Crippen LogP contribution in [0, 0.1) is 5.92 Å². The van der Waals surface area contributed by atoms with E-state index in [4.69, 9.17) is 4.74 Å². The maximum absolute atomic E-state index is 6.08. The van der Waals surface area contributed by atoms with Gasteiger partial charge in [-0.15, -0.1) is 0 Å². The average Bonchev–Trinajstić information content (AvgIpc) is 2.80. The first kappa shape index (κ1) is 20.1. The van der Waals surface area contributed by atoms with Crippen molar-refractivity contribution in [1.29, 1.82) is 0 Å². The molecule has 0 aromatic carbocycles. The van der Waals surface area contributed by atoms with Crippen molar-refractivity contribution in [3.63, 3.8) is 0 Å². The van der Waals surface area contributed by atoms with Crippen molar-refractivity contribution >= 4 is 5.95 Å². The topological polar surface area (TPSA) is 89.8 Å². The molecule has 1 fully saturated rings. The van der Waals surface area contributed by atoms with Crippen LogP contribution in [0.25, 0.3) is 11.3 Å². The molecular weight excluding hydrogens is 378 g/mol. The molecule has 1 aliphatic heterocycles. The highest BCUT2D eigenvalue weighted by Gasteiger charge is 2.26. The highest BCUT2D eigenvalue weighted by molar-refractivity contribution is 5.55. The first-order chi connectivity index (χ1) is 14.6. The zero-order valence-corrected chi connectivity index (χ0v) is 17.6. The zero-order valence-electron chi connectivity index (χ0n) is 17.6. The summed E-state index contributed by atoms with van der Waals surface area (Å²) in [7, 11) is 0. The van der Waals surface area contributed by atoms with Crippen LogP contribution in [0.2, 0.25) is 0 Å². The number of hydrogen-bond donors (Lipinski definition) is 0. The van der Waals surface area contributed by atoms with Gasteiger partial charge in [-0.05, 0) is 43.2 Å². The fraction of sp³-hybridized carbons (Fsp3) is 0.455. The second-order valence-electron chi connectivity index (χ2n) is 7.99. The maximum atomic E-state index is 6.08. The summed E-state index contributed by atoms with van der Waals surface area (Å²) in [5.74, 6) is 2.27. The van der Waals surface area contributed by atoms with E-state index in [0.717, 1.165) is 43.1 Å². The van der Waals surface area contributed by atoms with E-state index in [2.05, 4.69) is 55.8 Å². The molecule has 1 saturated heterocycles. The maximum Gasteiger partial charge on any atom is 0.232 e. The van der Waals surface area contributed by atoms with Gasteiger partial charge in [0, 0.05) is 31.0 Å². The third-order valence-corrected chi connectivity index (χ3v) is 5.63. The molecule has 3 aromatic heterocycles. The summed E-state index contributed by atoms with van der Waals surface area (Å²) in [5.41, 5.74) is 2.80. The van der Waals surface area contributed by atoms with Gasteiger partial charge in [-0.25, -0.2) is 19.9 Å². The molecule has 1 aliphatic rings. The number of anilines is 1. The van der Waals surface area contributed by atoms with Crippen LogP contribution in [0.5, 0.6) is 5.88 Å². The van der Waals surface area contributed by atoms with Crippen LogP contribution < -0.4 is 9.64 Å². The molecule has 0 saturated carbocycles. The monoisotopic (exact) mass is 405 g/mol. The number of rotatable bonds is 6. The molecule has 0 unspecified atom stereocenters. The van der Waals surface area contributed by atoms with Gasteiger partial charge in [-0.2, -0.15) is 10.2 Å². The van der Waals surface area contributed by atoms with Gasteiger partial charge in [0.1, 0.15) is 6.10 Å². The van der Waals surface area contributed by atoms with Crippen LogP contribution in [-0.4, -0.2) is 49.3 Å². The second-order valence-corrected chi connectivity index (χ2v) is 7.99. The van der Waals surface area contributed by atoms with Crippen molar-refractivity contribution in [1.82, 2.24) is 30.1 Å². The minimum atomic E-state index is 0.0686. The summed E-state index contributed by atoms with van der Waals surface area (Å²) in [6, 6.07) is 1.86. The number of ether oxygens (including phenoxy) is 1. The van der Waals surface area contributed by atoms with Gasteiger partial charge in [0.05, 0.1) is 30.5 Å². The minimum Gasteiger partial charge on any atom is -0.473 e. The van der Waals surface area contributed by atoms with Crippen LogP contribution in [0.1, 0.15) is 45.1 Å². The van der Waals surface area contributed by atoms with Gasteiger partial charge >= 0.3 is 0 Å². The largest absolute Gasteiger partial charge is 0.473 e. The van der Waals surface area contributed by atoms with Crippen molar-refractivity contribution in [3.8, 4) is 17.1 Å². The summed E-state index contributed by atoms with van der Waals surface area (Å²) in [6.07, 6.45) is 12.7. The van der Waals surface area contributed by atoms with E-state index in [9.17, 15) is 0 Å². The van der Waals surface area contributed by atoms with Gasteiger partial charge in [-0.3, -0.25) is 0 Å². The van der Waals surface area contributed by atoms with Gasteiger partial charge < -0.3 is 9.64 Å². The van der Waals surface area contributed by atoms with Crippen LogP contribution >= 0.6 is 0 Å². The lowest BCUT2D eigenvalue weighted by atomic mass is 9.92. The lowest BCUT2D eigenvalue weighted by molar-refractivity contribution is 0.127. The molecule has 0 N–H and O–H groups in total. The predicted octanol–water partition coefficient (Wildman–Crippen LogP) is 3.53. The molecule has 0 radical (unpaired) electrons. The van der Waals surface area contributed by atoms with Crippen LogP contribution in [0.15, 0.2) is 43.2 Å². The standard InChI is InChI=1S/C22H27N7O/c1-15(2)19-10-25-22(26-11-19)29-8-5-17(6-9-29)16(3)30-21-14-23-20(13-24-21)18-4-7-27-28-12-18/h4,7,10-17H,5-6,8-9H2,1-3H3/t16-/m0/s1. The molecule has 0 spiro atoms. The van der Waals surface area contributed by atoms with Gasteiger partial charge in [0.2, 0.25) is 11.8 Å². The molecule has 156 valence electrons. The molecule has 3 aromatic rings. The first-order valence-corrected chi connectivity index (χ1v) is 10.4. The molecule has 8 nitrogen and oxygen atoms in total. The smallest absolute Gasteiger partial charge is 0.232 e. The molecule has 4 rings (SSSR count). The Hall–Kier alpha value is -3.16. The van der Waals surface area contributed by atoms with Crippen molar-refractivity contribution in [2.75, 3.05) is 18.0 Å². The summed E-state index contributed by atoms with van der Waals surface area (Å²) in [4.78, 5) is 20.2. The summed E-state index contributed by atoms with van der Waals surface area (Å²) < 4.78 is 6.08. The average molecular weight is 406 g/mol. The Bertz CT molecular complexity index is 924. The van der Waals surface area contributed by atoms with Crippen molar-refractivity contribution < 1.29 is 4.74 Å². The fourth-order valence-corrected chi connectivity index (χ4v) is 3.62. The third-order valence-electron chi connectivity index (χ3n) is 5.63. The van der Waals surface area contributed by atoms with Gasteiger partial charge in [0.15, 0.2) is 0 Å². The van der Waals surface area contributed by atoms with Crippen LogP contribution in [-0.2, 0) is 0 Å². The van der Waals surface area contributed by atoms with Crippen LogP contribution in [0.3, 0.4) is 0 Å². The first-order valence-electron chi connectivity index (χ1n) is 10.4. The molecular formula is C22H27N7O. The Balaban J connectivity index is 1.30. The normalized spacial score (nSPS) is 15.9. The highest BCUT2D eigenvalue weighted by atomic mass is 16.5. The van der Waals surface area contributed by atoms with E-state index in [-0.39, 0.29) is 6.10 Å². The SMILES string of the molecule is CC(C)c1cnc(N2CCC([C@H](C)Oc3cnc(-c4ccnnc4)cn3)CC2)nc1. The third kappa shape index (κ3) is 4.69. The zero-order chi connectivity index (χ0) is 20.9. The highest BCUT2D eigenvalue weighted by Crippen LogP contribution is 2.26. The Morgan fingerprint density at radius 1 is 0.900 bits per heavy atom. The number of aromatic nitrogens is 6. The lowest BCUT2D eigenvalue weighted by Gasteiger charge is -2.34. The van der Waals surface area contributed by atoms with E-state index in [0.29, 0.717) is 17.7 Å². The van der Waals surface area contributed by atoms with E-state index in [1.165, 1.54) is 5.56 Å². The fourth-order valence-electron chi connectivity index (χ4n) is 3.62. The van der Waals surface area contributed by atoms with Gasteiger partial charge in [-0.1, -0.05) is 13.8 Å². The van der Waals surface area contributed by atoms with E-state index in [1.807, 2.05) is 18.5 Å². The Kier molecular flexibility index (Phi) is 6.11. The second kappa shape index (κ2) is 9.11. The Morgan fingerprint density at radius 2 is 1.67 bits per heavy atom. The lowest BCUT2D eigenvalue weighted by Crippen LogP contribution is -2.39. The van der Waals surface area contributed by atoms with Crippen LogP contribution in [0.4, 0.5) is 5.95 Å². The molecule has 1 atom stereocenters. The number of nitrogens with zero attached hydrogens (tertiary/aromatic N) is 7. The van der Waals surface area contributed by atoms with Gasteiger partial charge in [0.25, 0.3) is 0 Å². The number of hydrogen-bond acceptors (Lipinski definition) is 8. The van der Waals surface area contributed by atoms with E-state index < -0.39 is 0 Å². The Labute approximate surface area is 176 Å². The molecule has 30 heavy (non-hydrogen) atoms. The minimum absolute atomic E-state index is 0.0686. The molecule has 4 heterocycles.